The molecular weight excluding hydrogens is 504 g/mol. The average Bonchev–Trinajstić information content (AvgIpc) is 3.37. The average molecular weight is 543 g/mol. The molecule has 1 saturated heterocycles. The van der Waals surface area contributed by atoms with E-state index in [9.17, 15) is 14.7 Å². The third kappa shape index (κ3) is 5.76. The van der Waals surface area contributed by atoms with E-state index in [1.807, 2.05) is 62.1 Å². The third-order valence-electron chi connectivity index (χ3n) is 7.86. The second-order valence-corrected chi connectivity index (χ2v) is 11.7. The Kier molecular flexibility index (Phi) is 7.70. The Balaban J connectivity index is 1.37. The van der Waals surface area contributed by atoms with Gasteiger partial charge in [-0.15, -0.1) is 0 Å². The monoisotopic (exact) mass is 542 g/mol. The van der Waals surface area contributed by atoms with Crippen molar-refractivity contribution >= 4 is 33.8 Å². The number of ether oxygens (including phenoxy) is 1. The quantitative estimate of drug-likeness (QED) is 0.289. The number of H-pyrrole nitrogens is 1. The number of methoxy groups -OCH3 is 1. The van der Waals surface area contributed by atoms with Crippen molar-refractivity contribution in [2.45, 2.75) is 64.0 Å². The summed E-state index contributed by atoms with van der Waals surface area (Å²) in [6.45, 7) is 6.85. The highest BCUT2D eigenvalue weighted by atomic mass is 16.5. The summed E-state index contributed by atoms with van der Waals surface area (Å²) in [7, 11) is 1.64. The number of hydrogen-bond acceptors (Lipinski definition) is 4. The molecule has 1 aliphatic heterocycles. The van der Waals surface area contributed by atoms with E-state index < -0.39 is 17.7 Å². The molecule has 3 aromatic carbocycles. The van der Waals surface area contributed by atoms with Crippen molar-refractivity contribution in [1.82, 2.24) is 19.8 Å². The maximum absolute atomic E-state index is 13.8. The zero-order valence-corrected chi connectivity index (χ0v) is 23.7. The lowest BCUT2D eigenvalue weighted by Gasteiger charge is -2.41. The summed E-state index contributed by atoms with van der Waals surface area (Å²) < 4.78 is 5.47. The van der Waals surface area contributed by atoms with Crippen molar-refractivity contribution in [3.8, 4) is 5.75 Å². The van der Waals surface area contributed by atoms with Crippen molar-refractivity contribution in [2.24, 2.45) is 0 Å². The molecule has 40 heavy (non-hydrogen) atoms. The van der Waals surface area contributed by atoms with Crippen LogP contribution in [0.1, 0.15) is 57.3 Å². The second kappa shape index (κ2) is 11.2. The third-order valence-corrected chi connectivity index (χ3v) is 7.86. The number of carboxylic acid groups (broad SMARTS) is 1. The van der Waals surface area contributed by atoms with Gasteiger partial charge in [-0.25, -0.2) is 9.78 Å². The fraction of sp³-hybridized carbons (Fsp3) is 0.406. The lowest BCUT2D eigenvalue weighted by molar-refractivity contribution is -0.134. The summed E-state index contributed by atoms with van der Waals surface area (Å²) in [5, 5.41) is 12.5. The molecule has 5 rings (SSSR count). The van der Waals surface area contributed by atoms with Crippen LogP contribution in [0.3, 0.4) is 0 Å². The molecule has 2 amide bonds. The van der Waals surface area contributed by atoms with Gasteiger partial charge in [-0.2, -0.15) is 0 Å². The van der Waals surface area contributed by atoms with Gasteiger partial charge in [-0.3, -0.25) is 9.69 Å². The fourth-order valence-corrected chi connectivity index (χ4v) is 6.02. The van der Waals surface area contributed by atoms with Gasteiger partial charge in [0, 0.05) is 37.0 Å². The molecule has 210 valence electrons. The highest BCUT2D eigenvalue weighted by molar-refractivity contribution is 5.83. The first-order valence-corrected chi connectivity index (χ1v) is 13.9. The highest BCUT2D eigenvalue weighted by Crippen LogP contribution is 2.31. The number of para-hydroxylation sites is 1. The Morgan fingerprint density at radius 1 is 1.12 bits per heavy atom. The summed E-state index contributed by atoms with van der Waals surface area (Å²) in [5.74, 6) is 1.62. The van der Waals surface area contributed by atoms with Gasteiger partial charge >= 0.3 is 6.09 Å². The second-order valence-electron chi connectivity index (χ2n) is 11.7. The van der Waals surface area contributed by atoms with Crippen LogP contribution in [0.15, 0.2) is 60.7 Å². The number of aromatic nitrogens is 2. The van der Waals surface area contributed by atoms with Crippen LogP contribution in [0, 0.1) is 0 Å². The molecule has 0 aliphatic carbocycles. The number of hydrogen-bond donors (Lipinski definition) is 2. The van der Waals surface area contributed by atoms with E-state index in [4.69, 9.17) is 9.72 Å². The van der Waals surface area contributed by atoms with Crippen LogP contribution in [-0.4, -0.2) is 68.7 Å². The molecule has 8 heteroatoms. The number of fused-ring (bicyclic) bond motifs is 2. The van der Waals surface area contributed by atoms with Gasteiger partial charge in [-0.05, 0) is 68.5 Å². The number of nitrogens with zero attached hydrogens (tertiary/aromatic N) is 3. The van der Waals surface area contributed by atoms with Crippen molar-refractivity contribution in [2.75, 3.05) is 20.2 Å². The molecule has 2 N–H and O–H groups in total. The molecular formula is C32H38N4O4. The Morgan fingerprint density at radius 2 is 1.90 bits per heavy atom. The number of benzene rings is 3. The molecule has 1 fully saturated rings. The maximum atomic E-state index is 13.8. The first kappa shape index (κ1) is 27.5. The summed E-state index contributed by atoms with van der Waals surface area (Å²) in [6.07, 6.45) is 1.36. The summed E-state index contributed by atoms with van der Waals surface area (Å²) >= 11 is 0. The standard InChI is InChI=1S/C32H38N4O4/c1-32(2,3)36(31(38)39)25(18-21-14-15-22-9-5-6-10-23(22)17-21)19-28(37)35-16-8-11-24(20-35)30-33-26-12-7-13-27(40-4)29(26)34-30/h5-7,9-10,12-15,17,24-25H,8,11,16,18-20H2,1-4H3,(H,33,34)(H,38,39)/t24-,25-/m1/s1. The molecule has 2 atom stereocenters. The minimum Gasteiger partial charge on any atom is -0.494 e. The zero-order chi connectivity index (χ0) is 28.4. The van der Waals surface area contributed by atoms with E-state index in [0.717, 1.165) is 51.8 Å². The van der Waals surface area contributed by atoms with E-state index >= 15 is 0 Å². The van der Waals surface area contributed by atoms with Gasteiger partial charge in [-0.1, -0.05) is 48.5 Å². The number of piperidine rings is 1. The minimum absolute atomic E-state index is 0.0281. The topological polar surface area (TPSA) is 98.8 Å². The van der Waals surface area contributed by atoms with Gasteiger partial charge in [0.2, 0.25) is 5.91 Å². The fourth-order valence-electron chi connectivity index (χ4n) is 6.02. The number of amides is 2. The van der Waals surface area contributed by atoms with E-state index in [1.54, 1.807) is 7.11 Å². The smallest absolute Gasteiger partial charge is 0.408 e. The molecule has 0 unspecified atom stereocenters. The lowest BCUT2D eigenvalue weighted by atomic mass is 9.93. The summed E-state index contributed by atoms with van der Waals surface area (Å²) in [6, 6.07) is 19.6. The van der Waals surface area contributed by atoms with Gasteiger partial charge in [0.05, 0.1) is 12.6 Å². The highest BCUT2D eigenvalue weighted by Gasteiger charge is 2.36. The molecule has 1 aliphatic rings. The van der Waals surface area contributed by atoms with Crippen LogP contribution in [0.5, 0.6) is 5.75 Å². The Morgan fingerprint density at radius 3 is 2.62 bits per heavy atom. The van der Waals surface area contributed by atoms with Crippen LogP contribution < -0.4 is 4.74 Å². The molecule has 0 radical (unpaired) electrons. The first-order valence-electron chi connectivity index (χ1n) is 13.9. The van der Waals surface area contributed by atoms with Crippen LogP contribution in [0.2, 0.25) is 0 Å². The van der Waals surface area contributed by atoms with Crippen LogP contribution >= 0.6 is 0 Å². The van der Waals surface area contributed by atoms with Crippen LogP contribution in [-0.2, 0) is 11.2 Å². The van der Waals surface area contributed by atoms with Gasteiger partial charge in [0.1, 0.15) is 17.1 Å². The molecule has 0 bridgehead atoms. The van der Waals surface area contributed by atoms with Crippen molar-refractivity contribution in [3.05, 3.63) is 72.1 Å². The molecule has 0 spiro atoms. The van der Waals surface area contributed by atoms with Gasteiger partial charge in [0.25, 0.3) is 0 Å². The van der Waals surface area contributed by atoms with E-state index in [1.165, 1.54) is 4.90 Å². The van der Waals surface area contributed by atoms with Gasteiger partial charge in [0.15, 0.2) is 0 Å². The summed E-state index contributed by atoms with van der Waals surface area (Å²) in [4.78, 5) is 37.9. The number of likely N-dealkylation sites (tertiary alicyclic amines) is 1. The SMILES string of the molecule is COc1cccc2[nH]c([C@@H]3CCCN(C(=O)C[C@@H](Cc4ccc5ccccc5c4)N(C(=O)O)C(C)(C)C)C3)nc12. The molecule has 8 nitrogen and oxygen atoms in total. The van der Waals surface area contributed by atoms with E-state index in [0.29, 0.717) is 19.5 Å². The molecule has 2 heterocycles. The molecule has 0 saturated carbocycles. The zero-order valence-electron chi connectivity index (χ0n) is 23.7. The molecule has 4 aromatic rings. The summed E-state index contributed by atoms with van der Waals surface area (Å²) in [5.41, 5.74) is 2.06. The van der Waals surface area contributed by atoms with Crippen molar-refractivity contribution < 1.29 is 19.4 Å². The number of carbonyl (C=O) groups excluding carboxylic acids is 1. The predicted molar refractivity (Wildman–Crippen MR) is 157 cm³/mol. The van der Waals surface area contributed by atoms with Crippen molar-refractivity contribution in [1.29, 1.82) is 0 Å². The van der Waals surface area contributed by atoms with E-state index in [2.05, 4.69) is 29.2 Å². The Hall–Kier alpha value is -4.07. The predicted octanol–water partition coefficient (Wildman–Crippen LogP) is 6.21. The number of aromatic amines is 1. The van der Waals surface area contributed by atoms with E-state index in [-0.39, 0.29) is 18.2 Å². The van der Waals surface area contributed by atoms with Crippen LogP contribution in [0.4, 0.5) is 4.79 Å². The number of rotatable bonds is 7. The van der Waals surface area contributed by atoms with Gasteiger partial charge < -0.3 is 19.7 Å². The number of imidazole rings is 1. The minimum atomic E-state index is -1.01. The lowest BCUT2D eigenvalue weighted by Crippen LogP contribution is -2.54. The Bertz CT molecular complexity index is 1520. The Labute approximate surface area is 234 Å². The normalized spacial score (nSPS) is 16.7. The number of carbonyl (C=O) groups is 2. The first-order chi connectivity index (χ1) is 19.1. The maximum Gasteiger partial charge on any atom is 0.408 e. The van der Waals surface area contributed by atoms with Crippen molar-refractivity contribution in [3.63, 3.8) is 0 Å². The molecule has 1 aromatic heterocycles. The van der Waals surface area contributed by atoms with Crippen LogP contribution in [0.25, 0.3) is 21.8 Å². The number of nitrogens with one attached hydrogen (secondary N) is 1. The largest absolute Gasteiger partial charge is 0.494 e.